The molecular weight excluding hydrogens is 557 g/mol. The van der Waals surface area contributed by atoms with E-state index in [4.69, 9.17) is 0 Å². The summed E-state index contributed by atoms with van der Waals surface area (Å²) in [6, 6.07) is 33.1. The van der Waals surface area contributed by atoms with Crippen molar-refractivity contribution in [3.63, 3.8) is 0 Å². The van der Waals surface area contributed by atoms with Crippen LogP contribution < -0.4 is 0 Å². The third kappa shape index (κ3) is 5.97. The van der Waals surface area contributed by atoms with Crippen LogP contribution in [0, 0.1) is 0 Å². The highest BCUT2D eigenvalue weighted by Gasteiger charge is 2.48. The Hall–Kier alpha value is -3.42. The summed E-state index contributed by atoms with van der Waals surface area (Å²) < 4.78 is 0. The lowest BCUT2D eigenvalue weighted by Gasteiger charge is -2.40. The Morgan fingerprint density at radius 1 is 0.467 bits per heavy atom. The fourth-order valence-corrected chi connectivity index (χ4v) is 13.5. The van der Waals surface area contributed by atoms with E-state index in [9.17, 15) is 0 Å². The van der Waals surface area contributed by atoms with E-state index in [1.807, 2.05) is 0 Å². The molecule has 0 amide bonds. The van der Waals surface area contributed by atoms with Crippen molar-refractivity contribution in [1.29, 1.82) is 0 Å². The molecule has 6 rings (SSSR count). The number of rotatable bonds is 12. The zero-order valence-corrected chi connectivity index (χ0v) is 29.5. The minimum atomic E-state index is -1.96. The minimum absolute atomic E-state index is 0.528. The number of hydrogen-bond donors (Lipinski definition) is 0. The molecular formula is C44H52Si. The summed E-state index contributed by atoms with van der Waals surface area (Å²) in [6.07, 6.45) is 14.7. The molecule has 0 saturated carbocycles. The van der Waals surface area contributed by atoms with Gasteiger partial charge in [0.15, 0.2) is 0 Å². The molecule has 2 unspecified atom stereocenters. The second-order valence-electron chi connectivity index (χ2n) is 14.1. The highest BCUT2D eigenvalue weighted by Crippen LogP contribution is 2.55. The average Bonchev–Trinajstić information content (AvgIpc) is 3.61. The highest BCUT2D eigenvalue weighted by atomic mass is 28.3. The van der Waals surface area contributed by atoms with E-state index >= 15 is 0 Å². The Morgan fingerprint density at radius 2 is 0.844 bits per heavy atom. The van der Waals surface area contributed by atoms with E-state index in [0.29, 0.717) is 11.1 Å². The van der Waals surface area contributed by atoms with Gasteiger partial charge in [-0.1, -0.05) is 175 Å². The van der Waals surface area contributed by atoms with Gasteiger partial charge in [0, 0.05) is 11.1 Å². The Labute approximate surface area is 274 Å². The van der Waals surface area contributed by atoms with Crippen molar-refractivity contribution in [3.05, 3.63) is 129 Å². The monoisotopic (exact) mass is 608 g/mol. The summed E-state index contributed by atoms with van der Waals surface area (Å²) in [5.74, 6) is 0. The van der Waals surface area contributed by atoms with Crippen molar-refractivity contribution in [1.82, 2.24) is 0 Å². The van der Waals surface area contributed by atoms with Crippen molar-refractivity contribution >= 4 is 20.2 Å². The van der Waals surface area contributed by atoms with Crippen LogP contribution in [0.25, 0.3) is 34.4 Å². The van der Waals surface area contributed by atoms with E-state index in [1.54, 1.807) is 22.3 Å². The third-order valence-corrected chi connectivity index (χ3v) is 14.8. The fourth-order valence-electron chi connectivity index (χ4n) is 8.65. The summed E-state index contributed by atoms with van der Waals surface area (Å²) >= 11 is 0. The maximum Gasteiger partial charge on any atom is 0.0722 e. The molecule has 4 aromatic carbocycles. The van der Waals surface area contributed by atoms with Gasteiger partial charge in [0.05, 0.1) is 8.07 Å². The number of hydrogen-bond acceptors (Lipinski definition) is 0. The molecule has 4 aromatic rings. The first kappa shape index (κ1) is 31.6. The Morgan fingerprint density at radius 3 is 1.20 bits per heavy atom. The lowest BCUT2D eigenvalue weighted by molar-refractivity contribution is 0.822. The summed E-state index contributed by atoms with van der Waals surface area (Å²) in [5.41, 5.74) is 18.9. The molecule has 0 aromatic heterocycles. The molecule has 0 bridgehead atoms. The number of benzene rings is 4. The van der Waals surface area contributed by atoms with E-state index < -0.39 is 8.07 Å². The molecule has 0 saturated heterocycles. The van der Waals surface area contributed by atoms with Gasteiger partial charge < -0.3 is 0 Å². The second-order valence-corrected chi connectivity index (χ2v) is 18.9. The van der Waals surface area contributed by atoms with Gasteiger partial charge in [-0.15, -0.1) is 0 Å². The maximum absolute atomic E-state index is 2.71. The zero-order valence-electron chi connectivity index (χ0n) is 28.5. The molecule has 0 aliphatic heterocycles. The topological polar surface area (TPSA) is 0 Å². The SMILES string of the molecule is CCCC1=Cc2c(-c3ccc(CCC)cc3)cccc2C1[Si](C)(C)C1C(CCC)=Cc2c(-c3ccc(CCC)cc3)cccc21. The molecule has 0 N–H and O–H groups in total. The lowest BCUT2D eigenvalue weighted by Crippen LogP contribution is -2.43. The predicted molar refractivity (Wildman–Crippen MR) is 200 cm³/mol. The van der Waals surface area contributed by atoms with Gasteiger partial charge in [0.1, 0.15) is 0 Å². The van der Waals surface area contributed by atoms with Crippen LogP contribution in [0.1, 0.15) is 111 Å². The average molecular weight is 609 g/mol. The first-order chi connectivity index (χ1) is 21.9. The maximum atomic E-state index is 2.71. The highest BCUT2D eigenvalue weighted by molar-refractivity contribution is 6.81. The Balaban J connectivity index is 1.43. The summed E-state index contributed by atoms with van der Waals surface area (Å²) in [5, 5.41) is 0. The molecule has 0 fully saturated rings. The summed E-state index contributed by atoms with van der Waals surface area (Å²) in [6.45, 7) is 14.6. The second kappa shape index (κ2) is 13.5. The van der Waals surface area contributed by atoms with Crippen molar-refractivity contribution in [3.8, 4) is 22.3 Å². The van der Waals surface area contributed by atoms with Crippen molar-refractivity contribution < 1.29 is 0 Å². The molecule has 0 nitrogen and oxygen atoms in total. The largest absolute Gasteiger partial charge is 0.0722 e. The number of aryl methyl sites for hydroxylation is 2. The van der Waals surface area contributed by atoms with E-state index in [0.717, 1.165) is 12.8 Å². The smallest absolute Gasteiger partial charge is 0.0679 e. The van der Waals surface area contributed by atoms with E-state index in [2.05, 4.69) is 138 Å². The number of allylic oxidation sites excluding steroid dienone is 2. The lowest BCUT2D eigenvalue weighted by atomic mass is 9.95. The molecule has 0 heterocycles. The minimum Gasteiger partial charge on any atom is -0.0679 e. The first-order valence-electron chi connectivity index (χ1n) is 17.8. The molecule has 232 valence electrons. The van der Waals surface area contributed by atoms with Crippen LogP contribution in [-0.4, -0.2) is 8.07 Å². The van der Waals surface area contributed by atoms with E-state index in [-0.39, 0.29) is 0 Å². The molecule has 0 radical (unpaired) electrons. The zero-order chi connectivity index (χ0) is 31.6. The standard InChI is InChI=1S/C44H52Si/c1-7-13-31-21-25-33(26-22-31)37-17-11-19-39-41(37)29-35(15-9-3)43(39)45(5,6)44-36(16-10-4)30-42-38(18-12-20-40(42)44)34-27-23-32(14-8-2)24-28-34/h11-12,17-30,43-44H,7-10,13-16H2,1-6H3. The van der Waals surface area contributed by atoms with Gasteiger partial charge >= 0.3 is 0 Å². The van der Waals surface area contributed by atoms with Crippen LogP contribution in [0.2, 0.25) is 13.1 Å². The van der Waals surface area contributed by atoms with Crippen LogP contribution in [0.3, 0.4) is 0 Å². The molecule has 2 aliphatic rings. The van der Waals surface area contributed by atoms with Crippen LogP contribution in [0.15, 0.2) is 96.1 Å². The summed E-state index contributed by atoms with van der Waals surface area (Å²) in [4.78, 5) is 0. The van der Waals surface area contributed by atoms with Gasteiger partial charge in [-0.05, 0) is 81.3 Å². The van der Waals surface area contributed by atoms with Gasteiger partial charge in [-0.25, -0.2) is 0 Å². The number of fused-ring (bicyclic) bond motifs is 2. The van der Waals surface area contributed by atoms with Crippen molar-refractivity contribution in [2.45, 2.75) is 103 Å². The van der Waals surface area contributed by atoms with Crippen LogP contribution in [-0.2, 0) is 12.8 Å². The fraction of sp³-hybridized carbons (Fsp3) is 0.364. The van der Waals surface area contributed by atoms with Gasteiger partial charge in [0.2, 0.25) is 0 Å². The molecule has 45 heavy (non-hydrogen) atoms. The molecule has 1 heteroatoms. The van der Waals surface area contributed by atoms with Gasteiger partial charge in [0.25, 0.3) is 0 Å². The first-order valence-corrected chi connectivity index (χ1v) is 20.9. The van der Waals surface area contributed by atoms with Crippen molar-refractivity contribution in [2.24, 2.45) is 0 Å². The van der Waals surface area contributed by atoms with E-state index in [1.165, 1.54) is 83.0 Å². The van der Waals surface area contributed by atoms with Crippen LogP contribution >= 0.6 is 0 Å². The summed E-state index contributed by atoms with van der Waals surface area (Å²) in [7, 11) is -1.96. The van der Waals surface area contributed by atoms with Crippen LogP contribution in [0.4, 0.5) is 0 Å². The third-order valence-electron chi connectivity index (χ3n) is 10.5. The van der Waals surface area contributed by atoms with Crippen LogP contribution in [0.5, 0.6) is 0 Å². The van der Waals surface area contributed by atoms with Gasteiger partial charge in [-0.2, -0.15) is 0 Å². The van der Waals surface area contributed by atoms with Gasteiger partial charge in [-0.3, -0.25) is 0 Å². The predicted octanol–water partition coefficient (Wildman–Crippen LogP) is 13.0. The molecule has 2 atom stereocenters. The molecule has 2 aliphatic carbocycles. The van der Waals surface area contributed by atoms with Crippen molar-refractivity contribution in [2.75, 3.05) is 0 Å². The molecule has 0 spiro atoms. The normalized spacial score (nSPS) is 17.2. The Kier molecular flexibility index (Phi) is 9.48. The Bertz CT molecular complexity index is 1570. The quantitative estimate of drug-likeness (QED) is 0.140.